The molecule has 0 spiro atoms. The maximum Gasteiger partial charge on any atom is 0.0697 e. The molecule has 2 heteroatoms. The summed E-state index contributed by atoms with van der Waals surface area (Å²) in [7, 11) is 0. The summed E-state index contributed by atoms with van der Waals surface area (Å²) >= 11 is 4.19. The first-order valence-electron chi connectivity index (χ1n) is 10.7. The summed E-state index contributed by atoms with van der Waals surface area (Å²) in [4.78, 5) is 0. The van der Waals surface area contributed by atoms with E-state index in [2.05, 4.69) is 145 Å². The SMILES string of the molecule is c1ccc(CSC(Cc2ccccc2)(Cc2ccccc2)SCc2ccccc2)cc1. The second-order valence-corrected chi connectivity index (χ2v) is 10.8. The van der Waals surface area contributed by atoms with Crippen LogP contribution in [0.1, 0.15) is 22.3 Å². The summed E-state index contributed by atoms with van der Waals surface area (Å²) in [6.45, 7) is 0. The van der Waals surface area contributed by atoms with Crippen LogP contribution in [0.15, 0.2) is 121 Å². The molecule has 0 unspecified atom stereocenters. The number of thioether (sulfide) groups is 2. The fourth-order valence-electron chi connectivity index (χ4n) is 3.70. The molecule has 0 saturated carbocycles. The van der Waals surface area contributed by atoms with Gasteiger partial charge in [-0.2, -0.15) is 0 Å². The lowest BCUT2D eigenvalue weighted by Gasteiger charge is -2.34. The third-order valence-electron chi connectivity index (χ3n) is 5.32. The Kier molecular flexibility index (Phi) is 7.93. The molecule has 0 aliphatic heterocycles. The molecular weight excluding hydrogens is 412 g/mol. The van der Waals surface area contributed by atoms with Gasteiger partial charge in [-0.15, -0.1) is 23.5 Å². The molecule has 0 nitrogen and oxygen atoms in total. The molecule has 0 fully saturated rings. The summed E-state index contributed by atoms with van der Waals surface area (Å²) in [5.74, 6) is 2.03. The molecule has 4 aromatic rings. The van der Waals surface area contributed by atoms with Crippen molar-refractivity contribution in [2.24, 2.45) is 0 Å². The Morgan fingerprint density at radius 1 is 0.387 bits per heavy atom. The Labute approximate surface area is 195 Å². The van der Waals surface area contributed by atoms with Crippen LogP contribution in [0.3, 0.4) is 0 Å². The van der Waals surface area contributed by atoms with Crippen molar-refractivity contribution in [3.63, 3.8) is 0 Å². The largest absolute Gasteiger partial charge is 0.139 e. The fraction of sp³-hybridized carbons (Fsp3) is 0.172. The highest BCUT2D eigenvalue weighted by Crippen LogP contribution is 2.46. The van der Waals surface area contributed by atoms with Crippen LogP contribution in [0.5, 0.6) is 0 Å². The average molecular weight is 441 g/mol. The lowest BCUT2D eigenvalue weighted by molar-refractivity contribution is 0.783. The van der Waals surface area contributed by atoms with Gasteiger partial charge in [0.15, 0.2) is 0 Å². The average Bonchev–Trinajstić information content (AvgIpc) is 2.84. The summed E-state index contributed by atoms with van der Waals surface area (Å²) in [5, 5.41) is 0. The van der Waals surface area contributed by atoms with Gasteiger partial charge in [-0.05, 0) is 35.1 Å². The summed E-state index contributed by atoms with van der Waals surface area (Å²) < 4.78 is 0.0500. The van der Waals surface area contributed by atoms with Gasteiger partial charge in [0.2, 0.25) is 0 Å². The zero-order valence-corrected chi connectivity index (χ0v) is 19.3. The smallest absolute Gasteiger partial charge is 0.0697 e. The van der Waals surface area contributed by atoms with Gasteiger partial charge in [-0.3, -0.25) is 0 Å². The molecule has 0 aliphatic rings. The molecule has 0 aromatic heterocycles. The van der Waals surface area contributed by atoms with Crippen molar-refractivity contribution >= 4 is 23.5 Å². The monoisotopic (exact) mass is 440 g/mol. The predicted molar refractivity (Wildman–Crippen MR) is 138 cm³/mol. The Morgan fingerprint density at radius 3 is 1.00 bits per heavy atom. The van der Waals surface area contributed by atoms with Crippen LogP contribution >= 0.6 is 23.5 Å². The molecule has 0 heterocycles. The zero-order chi connectivity index (χ0) is 21.2. The van der Waals surface area contributed by atoms with E-state index in [9.17, 15) is 0 Å². The van der Waals surface area contributed by atoms with E-state index in [1.807, 2.05) is 0 Å². The highest BCUT2D eigenvalue weighted by molar-refractivity contribution is 8.17. The number of hydrogen-bond acceptors (Lipinski definition) is 2. The van der Waals surface area contributed by atoms with E-state index in [-0.39, 0.29) is 4.08 Å². The van der Waals surface area contributed by atoms with Crippen molar-refractivity contribution in [2.75, 3.05) is 0 Å². The number of rotatable bonds is 10. The summed E-state index contributed by atoms with van der Waals surface area (Å²) in [6, 6.07) is 43.7. The van der Waals surface area contributed by atoms with E-state index in [4.69, 9.17) is 0 Å². The van der Waals surface area contributed by atoms with Crippen molar-refractivity contribution in [1.29, 1.82) is 0 Å². The second kappa shape index (κ2) is 11.3. The maximum atomic E-state index is 2.27. The van der Waals surface area contributed by atoms with Crippen LogP contribution in [-0.4, -0.2) is 4.08 Å². The molecule has 0 aliphatic carbocycles. The first-order chi connectivity index (χ1) is 15.3. The van der Waals surface area contributed by atoms with Crippen LogP contribution in [0.4, 0.5) is 0 Å². The molecule has 4 rings (SSSR count). The van der Waals surface area contributed by atoms with Gasteiger partial charge in [-0.1, -0.05) is 121 Å². The normalized spacial score (nSPS) is 11.4. The van der Waals surface area contributed by atoms with Gasteiger partial charge in [0, 0.05) is 11.5 Å². The van der Waals surface area contributed by atoms with Gasteiger partial charge >= 0.3 is 0 Å². The number of hydrogen-bond donors (Lipinski definition) is 0. The number of benzene rings is 4. The molecule has 0 atom stereocenters. The van der Waals surface area contributed by atoms with Crippen LogP contribution in [0.25, 0.3) is 0 Å². The Balaban J connectivity index is 1.64. The van der Waals surface area contributed by atoms with E-state index >= 15 is 0 Å². The topological polar surface area (TPSA) is 0 Å². The molecule has 31 heavy (non-hydrogen) atoms. The van der Waals surface area contributed by atoms with Crippen molar-refractivity contribution in [1.82, 2.24) is 0 Å². The van der Waals surface area contributed by atoms with Gasteiger partial charge in [0.25, 0.3) is 0 Å². The van der Waals surface area contributed by atoms with Gasteiger partial charge in [0.05, 0.1) is 4.08 Å². The molecule has 0 bridgehead atoms. The molecule has 156 valence electrons. The molecular formula is C29H28S2. The molecule has 0 N–H and O–H groups in total. The highest BCUT2D eigenvalue weighted by atomic mass is 32.2. The maximum absolute atomic E-state index is 2.27. The van der Waals surface area contributed by atoms with Crippen molar-refractivity contribution in [3.05, 3.63) is 144 Å². The Hall–Kier alpha value is -2.42. The van der Waals surface area contributed by atoms with Crippen LogP contribution in [-0.2, 0) is 24.3 Å². The van der Waals surface area contributed by atoms with Crippen LogP contribution < -0.4 is 0 Å². The quantitative estimate of drug-likeness (QED) is 0.229. The van der Waals surface area contributed by atoms with Gasteiger partial charge in [0.1, 0.15) is 0 Å². The minimum Gasteiger partial charge on any atom is -0.139 e. The van der Waals surface area contributed by atoms with E-state index in [0.717, 1.165) is 24.3 Å². The van der Waals surface area contributed by atoms with Crippen molar-refractivity contribution < 1.29 is 0 Å². The Morgan fingerprint density at radius 2 is 0.677 bits per heavy atom. The standard InChI is InChI=1S/C29H28S2/c1-5-13-25(14-6-1)21-29(22-26-15-7-2-8-16-26,30-23-27-17-9-3-10-18-27)31-24-28-19-11-4-12-20-28/h1-20H,21-24H2. The minimum absolute atomic E-state index is 0.0500. The van der Waals surface area contributed by atoms with Crippen LogP contribution in [0, 0.1) is 0 Å². The molecule has 0 radical (unpaired) electrons. The molecule has 0 amide bonds. The van der Waals surface area contributed by atoms with Gasteiger partial charge < -0.3 is 0 Å². The minimum atomic E-state index is 0.0500. The van der Waals surface area contributed by atoms with Crippen molar-refractivity contribution in [3.8, 4) is 0 Å². The lowest BCUT2D eigenvalue weighted by Crippen LogP contribution is -2.27. The van der Waals surface area contributed by atoms with E-state index in [1.54, 1.807) is 0 Å². The van der Waals surface area contributed by atoms with E-state index in [0.29, 0.717) is 0 Å². The predicted octanol–water partition coefficient (Wildman–Crippen LogP) is 8.03. The second-order valence-electron chi connectivity index (χ2n) is 7.78. The van der Waals surface area contributed by atoms with E-state index in [1.165, 1.54) is 22.3 Å². The third kappa shape index (κ3) is 6.78. The van der Waals surface area contributed by atoms with Crippen molar-refractivity contribution in [2.45, 2.75) is 28.4 Å². The molecule has 0 saturated heterocycles. The molecule has 4 aromatic carbocycles. The first-order valence-corrected chi connectivity index (χ1v) is 12.7. The summed E-state index contributed by atoms with van der Waals surface area (Å²) in [6.07, 6.45) is 2.08. The van der Waals surface area contributed by atoms with Gasteiger partial charge in [-0.25, -0.2) is 0 Å². The Bertz CT molecular complexity index is 928. The zero-order valence-electron chi connectivity index (χ0n) is 17.7. The van der Waals surface area contributed by atoms with Crippen LogP contribution in [0.2, 0.25) is 0 Å². The highest BCUT2D eigenvalue weighted by Gasteiger charge is 2.32. The third-order valence-corrected chi connectivity index (χ3v) is 8.61. The lowest BCUT2D eigenvalue weighted by atomic mass is 10.0. The van der Waals surface area contributed by atoms with E-state index < -0.39 is 0 Å². The first kappa shape index (κ1) is 21.8. The summed E-state index contributed by atoms with van der Waals surface area (Å²) in [5.41, 5.74) is 5.58. The fourth-order valence-corrected chi connectivity index (χ4v) is 6.71.